The monoisotopic (exact) mass is 664 g/mol. The summed E-state index contributed by atoms with van der Waals surface area (Å²) in [6.45, 7) is 2.22. The number of benzene rings is 1. The van der Waals surface area contributed by atoms with Gasteiger partial charge in [0, 0.05) is 6.54 Å². The van der Waals surface area contributed by atoms with Gasteiger partial charge in [0.25, 0.3) is 0 Å². The van der Waals surface area contributed by atoms with Gasteiger partial charge < -0.3 is 56.8 Å². The Labute approximate surface area is 273 Å². The first-order valence-corrected chi connectivity index (χ1v) is 15.7. The summed E-state index contributed by atoms with van der Waals surface area (Å²) >= 11 is 0. The number of likely N-dealkylation sites (tertiary alicyclic amines) is 1. The van der Waals surface area contributed by atoms with Crippen molar-refractivity contribution in [1.29, 1.82) is 0 Å². The molecule has 1 aromatic rings. The number of ether oxygens (including phenoxy) is 1. The summed E-state index contributed by atoms with van der Waals surface area (Å²) in [7, 11) is 0. The van der Waals surface area contributed by atoms with Gasteiger partial charge in [0.05, 0.1) is 25.4 Å². The minimum Gasteiger partial charge on any atom is -0.445 e. The highest BCUT2D eigenvalue weighted by molar-refractivity contribution is 5.96. The van der Waals surface area contributed by atoms with Crippen LogP contribution in [0.3, 0.4) is 0 Å². The van der Waals surface area contributed by atoms with Gasteiger partial charge in [-0.15, -0.1) is 0 Å². The van der Waals surface area contributed by atoms with Gasteiger partial charge in [-0.3, -0.25) is 19.2 Å². The van der Waals surface area contributed by atoms with E-state index in [1.165, 1.54) is 0 Å². The van der Waals surface area contributed by atoms with Crippen LogP contribution in [0.1, 0.15) is 51.5 Å². The van der Waals surface area contributed by atoms with Gasteiger partial charge in [-0.25, -0.2) is 4.79 Å². The van der Waals surface area contributed by atoms with Crippen molar-refractivity contribution in [2.45, 2.75) is 88.9 Å². The fourth-order valence-electron chi connectivity index (χ4n) is 5.05. The lowest BCUT2D eigenvalue weighted by molar-refractivity contribution is -0.144. The summed E-state index contributed by atoms with van der Waals surface area (Å²) in [4.78, 5) is 77.7. The summed E-state index contributed by atoms with van der Waals surface area (Å²) in [6.07, 6.45) is -0.178. The number of aliphatic hydroxyl groups excluding tert-OH is 3. The Morgan fingerprint density at radius 1 is 0.957 bits per heavy atom. The molecule has 16 nitrogen and oxygen atoms in total. The molecule has 1 fully saturated rings. The van der Waals surface area contributed by atoms with Crippen molar-refractivity contribution in [2.75, 3.05) is 26.3 Å². The quantitative estimate of drug-likeness (QED) is 0.0597. The Hall–Kier alpha value is -4.12. The van der Waals surface area contributed by atoms with Crippen molar-refractivity contribution < 1.29 is 48.8 Å². The predicted molar refractivity (Wildman–Crippen MR) is 168 cm³/mol. The number of aldehydes is 1. The SMILES string of the molecule is CC(C)C[C@@H](C=O)NC(=O)[C@@H]1[C@H](O)CCN1C(=O)[C@H](CCCCN)NC(=O)[C@H](CO)NC(=O)[C@H](CO)NC(=O)OCc1ccccc1. The van der Waals surface area contributed by atoms with Crippen LogP contribution in [0, 0.1) is 5.92 Å². The smallest absolute Gasteiger partial charge is 0.408 e. The van der Waals surface area contributed by atoms with Crippen LogP contribution in [0.4, 0.5) is 4.79 Å². The minimum atomic E-state index is -1.59. The molecule has 262 valence electrons. The van der Waals surface area contributed by atoms with Crippen LogP contribution in [-0.2, 0) is 35.3 Å². The number of hydrogen-bond acceptors (Lipinski definition) is 11. The second-order valence-electron chi connectivity index (χ2n) is 11.7. The minimum absolute atomic E-state index is 0.00166. The van der Waals surface area contributed by atoms with E-state index in [0.29, 0.717) is 37.7 Å². The molecule has 0 aliphatic carbocycles. The van der Waals surface area contributed by atoms with Crippen molar-refractivity contribution in [3.8, 4) is 0 Å². The zero-order valence-corrected chi connectivity index (χ0v) is 26.8. The maximum Gasteiger partial charge on any atom is 0.408 e. The van der Waals surface area contributed by atoms with E-state index in [1.54, 1.807) is 30.3 Å². The predicted octanol–water partition coefficient (Wildman–Crippen LogP) is -1.94. The summed E-state index contributed by atoms with van der Waals surface area (Å²) in [5.74, 6) is -3.25. The Morgan fingerprint density at radius 2 is 1.57 bits per heavy atom. The molecule has 16 heteroatoms. The zero-order chi connectivity index (χ0) is 34.9. The molecule has 0 unspecified atom stereocenters. The molecule has 0 saturated carbocycles. The molecule has 1 heterocycles. The van der Waals surface area contributed by atoms with Crippen LogP contribution in [0.15, 0.2) is 30.3 Å². The van der Waals surface area contributed by atoms with E-state index in [2.05, 4.69) is 21.3 Å². The average molecular weight is 665 g/mol. The summed E-state index contributed by atoms with van der Waals surface area (Å²) in [5, 5.41) is 39.7. The number of rotatable bonds is 19. The van der Waals surface area contributed by atoms with Crippen LogP contribution < -0.4 is 27.0 Å². The molecule has 6 atom stereocenters. The topological polar surface area (TPSA) is 250 Å². The molecule has 2 rings (SSSR count). The number of aliphatic hydroxyl groups is 3. The van der Waals surface area contributed by atoms with Crippen molar-refractivity contribution in [1.82, 2.24) is 26.2 Å². The largest absolute Gasteiger partial charge is 0.445 e. The average Bonchev–Trinajstić information content (AvgIpc) is 3.45. The lowest BCUT2D eigenvalue weighted by Gasteiger charge is -2.31. The van der Waals surface area contributed by atoms with Gasteiger partial charge >= 0.3 is 6.09 Å². The molecule has 1 aliphatic heterocycles. The third-order valence-corrected chi connectivity index (χ3v) is 7.52. The summed E-state index contributed by atoms with van der Waals surface area (Å²) in [5.41, 5.74) is 6.29. The molecule has 1 saturated heterocycles. The molecule has 0 radical (unpaired) electrons. The van der Waals surface area contributed by atoms with E-state index in [0.717, 1.165) is 4.90 Å². The van der Waals surface area contributed by atoms with Gasteiger partial charge in [-0.05, 0) is 50.1 Å². The second-order valence-corrected chi connectivity index (χ2v) is 11.7. The van der Waals surface area contributed by atoms with Crippen molar-refractivity contribution >= 4 is 36.0 Å². The van der Waals surface area contributed by atoms with Gasteiger partial charge in [-0.2, -0.15) is 0 Å². The van der Waals surface area contributed by atoms with Crippen LogP contribution in [0.5, 0.6) is 0 Å². The fourth-order valence-corrected chi connectivity index (χ4v) is 5.05. The number of carbonyl (C=O) groups excluding carboxylic acids is 6. The Balaban J connectivity index is 2.10. The maximum absolute atomic E-state index is 13.7. The van der Waals surface area contributed by atoms with Gasteiger partial charge in [0.15, 0.2) is 0 Å². The third kappa shape index (κ3) is 12.5. The number of nitrogens with zero attached hydrogens (tertiary/aromatic N) is 1. The third-order valence-electron chi connectivity index (χ3n) is 7.52. The Morgan fingerprint density at radius 3 is 2.15 bits per heavy atom. The molecule has 47 heavy (non-hydrogen) atoms. The number of carbonyl (C=O) groups is 6. The number of amides is 5. The van der Waals surface area contributed by atoms with Crippen LogP contribution in [0.25, 0.3) is 0 Å². The first-order chi connectivity index (χ1) is 22.4. The van der Waals surface area contributed by atoms with Crippen LogP contribution in [0.2, 0.25) is 0 Å². The van der Waals surface area contributed by atoms with E-state index in [-0.39, 0.29) is 31.9 Å². The van der Waals surface area contributed by atoms with E-state index < -0.39 is 79.2 Å². The van der Waals surface area contributed by atoms with E-state index in [1.807, 2.05) is 13.8 Å². The number of alkyl carbamates (subject to hydrolysis) is 1. The highest BCUT2D eigenvalue weighted by atomic mass is 16.5. The number of hydrogen-bond donors (Lipinski definition) is 8. The van der Waals surface area contributed by atoms with Gasteiger partial charge in [0.1, 0.15) is 37.1 Å². The molecular formula is C31H48N6O10. The molecule has 5 amide bonds. The van der Waals surface area contributed by atoms with Gasteiger partial charge in [0.2, 0.25) is 23.6 Å². The highest BCUT2D eigenvalue weighted by Gasteiger charge is 2.44. The molecule has 0 spiro atoms. The Kier molecular flexibility index (Phi) is 16.8. The number of nitrogens with two attached hydrogens (primary N) is 1. The van der Waals surface area contributed by atoms with E-state index in [9.17, 15) is 44.1 Å². The molecule has 0 bridgehead atoms. The highest BCUT2D eigenvalue weighted by Crippen LogP contribution is 2.21. The maximum atomic E-state index is 13.7. The number of nitrogens with one attached hydrogen (secondary N) is 4. The van der Waals surface area contributed by atoms with Gasteiger partial charge in [-0.1, -0.05) is 44.2 Å². The fraction of sp³-hybridized carbons (Fsp3) is 0.613. The molecule has 1 aromatic carbocycles. The zero-order valence-electron chi connectivity index (χ0n) is 26.8. The van der Waals surface area contributed by atoms with Crippen LogP contribution >= 0.6 is 0 Å². The Bertz CT molecular complexity index is 1190. The lowest BCUT2D eigenvalue weighted by atomic mass is 10.0. The normalized spacial score (nSPS) is 18.4. The molecular weight excluding hydrogens is 616 g/mol. The lowest BCUT2D eigenvalue weighted by Crippen LogP contribution is -2.60. The van der Waals surface area contributed by atoms with Crippen LogP contribution in [-0.4, -0.2) is 119 Å². The summed E-state index contributed by atoms with van der Waals surface area (Å²) < 4.78 is 5.06. The standard InChI is InChI=1S/C31H48N6O10/c1-19(2)14-21(15-38)33-29(44)26-25(41)11-13-37(26)30(45)22(10-6-7-12-32)34-27(42)23(16-39)35-28(43)24(17-40)36-31(46)47-18-20-8-4-3-5-9-20/h3-5,8-9,15,19,21-26,39-41H,6-7,10-14,16-18,32H2,1-2H3,(H,33,44)(H,34,42)(H,35,43)(H,36,46)/t21-,22-,23-,24-,25+,26-/m0/s1. The van der Waals surface area contributed by atoms with E-state index >= 15 is 0 Å². The summed E-state index contributed by atoms with van der Waals surface area (Å²) in [6, 6.07) is 2.27. The van der Waals surface area contributed by atoms with Crippen molar-refractivity contribution in [2.24, 2.45) is 11.7 Å². The number of unbranched alkanes of at least 4 members (excludes halogenated alkanes) is 1. The first kappa shape index (κ1) is 39.1. The first-order valence-electron chi connectivity index (χ1n) is 15.7. The van der Waals surface area contributed by atoms with Crippen molar-refractivity contribution in [3.63, 3.8) is 0 Å². The van der Waals surface area contributed by atoms with Crippen molar-refractivity contribution in [3.05, 3.63) is 35.9 Å². The molecule has 0 aromatic heterocycles. The molecule has 1 aliphatic rings. The molecule has 9 N–H and O–H groups in total. The second kappa shape index (κ2) is 20.2. The van der Waals surface area contributed by atoms with E-state index in [4.69, 9.17) is 10.5 Å².